The Kier molecular flexibility index (Phi) is 5.57. The summed E-state index contributed by atoms with van der Waals surface area (Å²) in [6.45, 7) is 1.96. The van der Waals surface area contributed by atoms with Gasteiger partial charge in [-0.05, 0) is 25.1 Å². The van der Waals surface area contributed by atoms with Crippen LogP contribution in [0.3, 0.4) is 0 Å². The molecule has 0 spiro atoms. The number of hydrogen-bond acceptors (Lipinski definition) is 6. The smallest absolute Gasteiger partial charge is 0.234 e. The summed E-state index contributed by atoms with van der Waals surface area (Å²) < 4.78 is 0.983. The van der Waals surface area contributed by atoms with E-state index in [0.717, 1.165) is 26.5 Å². The highest BCUT2D eigenvalue weighted by Gasteiger charge is 2.16. The highest BCUT2D eigenvalue weighted by atomic mass is 35.5. The van der Waals surface area contributed by atoms with Gasteiger partial charge in [-0.1, -0.05) is 59.8 Å². The molecule has 0 unspecified atom stereocenters. The van der Waals surface area contributed by atoms with Gasteiger partial charge in [0.2, 0.25) is 5.91 Å². The van der Waals surface area contributed by atoms with Gasteiger partial charge in [-0.25, -0.2) is 4.98 Å². The number of aryl methyl sites for hydroxylation is 1. The van der Waals surface area contributed by atoms with Crippen LogP contribution in [-0.2, 0) is 4.79 Å². The van der Waals surface area contributed by atoms with Crippen molar-refractivity contribution in [2.75, 3.05) is 11.1 Å². The number of carbonyl (C=O) groups excluding carboxylic acids is 1. The zero-order valence-corrected chi connectivity index (χ0v) is 17.2. The molecule has 0 aliphatic carbocycles. The van der Waals surface area contributed by atoms with E-state index in [0.29, 0.717) is 15.7 Å². The van der Waals surface area contributed by atoms with E-state index in [1.807, 2.05) is 37.3 Å². The molecule has 0 aliphatic rings. The van der Waals surface area contributed by atoms with Crippen molar-refractivity contribution in [3.8, 4) is 11.3 Å². The number of rotatable bonds is 5. The summed E-state index contributed by atoms with van der Waals surface area (Å²) in [5.41, 5.74) is 3.27. The number of thioether (sulfide) groups is 1. The summed E-state index contributed by atoms with van der Waals surface area (Å²) in [7, 11) is 0. The van der Waals surface area contributed by atoms with Crippen molar-refractivity contribution in [1.29, 1.82) is 0 Å². The number of nitrogens with one attached hydrogen (secondary N) is 1. The molecule has 2 aromatic heterocycles. The number of halogens is 1. The summed E-state index contributed by atoms with van der Waals surface area (Å²) >= 11 is 8.86. The molecular formula is C20H15ClN4OS2. The Morgan fingerprint density at radius 1 is 1.14 bits per heavy atom. The SMILES string of the molecule is Cc1nc2c(SCC(=O)Nc3cccc(Cl)c3)nnc(-c3ccccc3)c2s1. The van der Waals surface area contributed by atoms with Gasteiger partial charge in [-0.15, -0.1) is 21.5 Å². The molecule has 0 aliphatic heterocycles. The topological polar surface area (TPSA) is 67.8 Å². The Balaban J connectivity index is 1.55. The van der Waals surface area contributed by atoms with Crippen LogP contribution in [0.4, 0.5) is 5.69 Å². The maximum atomic E-state index is 12.3. The summed E-state index contributed by atoms with van der Waals surface area (Å²) in [4.78, 5) is 16.9. The van der Waals surface area contributed by atoms with E-state index in [2.05, 4.69) is 20.5 Å². The van der Waals surface area contributed by atoms with Crippen LogP contribution in [-0.4, -0.2) is 26.8 Å². The van der Waals surface area contributed by atoms with Crippen LogP contribution in [0, 0.1) is 6.92 Å². The number of benzene rings is 2. The third-order valence-corrected chi connectivity index (χ3v) is 6.06. The quantitative estimate of drug-likeness (QED) is 0.430. The number of carbonyl (C=O) groups is 1. The number of anilines is 1. The fourth-order valence-corrected chi connectivity index (χ4v) is 4.60. The van der Waals surface area contributed by atoms with E-state index in [9.17, 15) is 4.79 Å². The summed E-state index contributed by atoms with van der Waals surface area (Å²) in [6.07, 6.45) is 0. The van der Waals surface area contributed by atoms with Crippen LogP contribution >= 0.6 is 34.7 Å². The predicted molar refractivity (Wildman–Crippen MR) is 116 cm³/mol. The Bertz CT molecular complexity index is 1150. The largest absolute Gasteiger partial charge is 0.325 e. The first-order valence-electron chi connectivity index (χ1n) is 8.47. The van der Waals surface area contributed by atoms with E-state index in [1.54, 1.807) is 35.6 Å². The van der Waals surface area contributed by atoms with Crippen LogP contribution in [0.1, 0.15) is 5.01 Å². The molecule has 0 fully saturated rings. The number of thiazole rings is 1. The maximum Gasteiger partial charge on any atom is 0.234 e. The standard InChI is InChI=1S/C20H15ClN4OS2/c1-12-22-18-19(28-12)17(13-6-3-2-4-7-13)24-25-20(18)27-11-16(26)23-15-9-5-8-14(21)10-15/h2-10H,11H2,1H3,(H,23,26). The average molecular weight is 427 g/mol. The van der Waals surface area contributed by atoms with Gasteiger partial charge >= 0.3 is 0 Å². The first-order valence-corrected chi connectivity index (χ1v) is 10.7. The Hall–Kier alpha value is -2.48. The Morgan fingerprint density at radius 3 is 2.75 bits per heavy atom. The van der Waals surface area contributed by atoms with Crippen LogP contribution in [0.5, 0.6) is 0 Å². The molecule has 4 aromatic rings. The summed E-state index contributed by atoms with van der Waals surface area (Å²) in [5, 5.41) is 13.8. The van der Waals surface area contributed by atoms with Crippen molar-refractivity contribution in [2.24, 2.45) is 0 Å². The van der Waals surface area contributed by atoms with Crippen molar-refractivity contribution in [1.82, 2.24) is 15.2 Å². The molecule has 0 saturated carbocycles. The number of amides is 1. The minimum absolute atomic E-state index is 0.138. The lowest BCUT2D eigenvalue weighted by atomic mass is 10.1. The fourth-order valence-electron chi connectivity index (χ4n) is 2.70. The van der Waals surface area contributed by atoms with Crippen molar-refractivity contribution in [2.45, 2.75) is 11.9 Å². The molecule has 140 valence electrons. The van der Waals surface area contributed by atoms with Gasteiger partial charge < -0.3 is 5.32 Å². The second-order valence-corrected chi connectivity index (χ2v) is 8.58. The van der Waals surface area contributed by atoms with Crippen LogP contribution in [0.25, 0.3) is 21.5 Å². The van der Waals surface area contributed by atoms with E-state index in [4.69, 9.17) is 11.6 Å². The normalized spacial score (nSPS) is 10.9. The monoisotopic (exact) mass is 426 g/mol. The molecular weight excluding hydrogens is 412 g/mol. The second kappa shape index (κ2) is 8.26. The first kappa shape index (κ1) is 18.9. The lowest BCUT2D eigenvalue weighted by Crippen LogP contribution is -2.14. The minimum Gasteiger partial charge on any atom is -0.325 e. The van der Waals surface area contributed by atoms with Gasteiger partial charge in [-0.2, -0.15) is 0 Å². The Morgan fingerprint density at radius 2 is 1.96 bits per heavy atom. The van der Waals surface area contributed by atoms with Crippen LogP contribution in [0.2, 0.25) is 5.02 Å². The zero-order valence-electron chi connectivity index (χ0n) is 14.8. The first-order chi connectivity index (χ1) is 13.6. The van der Waals surface area contributed by atoms with Crippen LogP contribution in [0.15, 0.2) is 59.6 Å². The van der Waals surface area contributed by atoms with E-state index < -0.39 is 0 Å². The van der Waals surface area contributed by atoms with Gasteiger partial charge in [0.05, 0.1) is 15.5 Å². The van der Waals surface area contributed by atoms with Gasteiger partial charge in [-0.3, -0.25) is 4.79 Å². The van der Waals surface area contributed by atoms with Crippen molar-refractivity contribution in [3.05, 3.63) is 64.6 Å². The van der Waals surface area contributed by atoms with E-state index in [-0.39, 0.29) is 11.7 Å². The number of fused-ring (bicyclic) bond motifs is 1. The molecule has 1 amide bonds. The molecule has 2 aromatic carbocycles. The van der Waals surface area contributed by atoms with Crippen LogP contribution < -0.4 is 5.32 Å². The summed E-state index contributed by atoms with van der Waals surface area (Å²) in [6, 6.07) is 17.0. The third-order valence-electron chi connectivity index (χ3n) is 3.89. The molecule has 0 atom stereocenters. The molecule has 8 heteroatoms. The second-order valence-electron chi connectivity index (χ2n) is 5.98. The average Bonchev–Trinajstić information content (AvgIpc) is 3.08. The molecule has 5 nitrogen and oxygen atoms in total. The van der Waals surface area contributed by atoms with Gasteiger partial charge in [0, 0.05) is 16.3 Å². The van der Waals surface area contributed by atoms with Crippen molar-refractivity contribution in [3.63, 3.8) is 0 Å². The number of nitrogens with zero attached hydrogens (tertiary/aromatic N) is 3. The van der Waals surface area contributed by atoms with Crippen molar-refractivity contribution >= 4 is 56.5 Å². The molecule has 0 saturated heterocycles. The van der Waals surface area contributed by atoms with Gasteiger partial charge in [0.1, 0.15) is 16.2 Å². The Labute approximate surface area is 175 Å². The molecule has 1 N–H and O–H groups in total. The molecule has 28 heavy (non-hydrogen) atoms. The maximum absolute atomic E-state index is 12.3. The molecule has 4 rings (SSSR count). The zero-order chi connectivity index (χ0) is 19.5. The predicted octanol–water partition coefficient (Wildman–Crippen LogP) is 5.45. The molecule has 0 radical (unpaired) electrons. The van der Waals surface area contributed by atoms with E-state index in [1.165, 1.54) is 11.8 Å². The highest BCUT2D eigenvalue weighted by Crippen LogP contribution is 2.35. The van der Waals surface area contributed by atoms with Gasteiger partial charge in [0.25, 0.3) is 0 Å². The minimum atomic E-state index is -0.138. The van der Waals surface area contributed by atoms with Crippen molar-refractivity contribution < 1.29 is 4.79 Å². The lowest BCUT2D eigenvalue weighted by molar-refractivity contribution is -0.113. The fraction of sp³-hybridized carbons (Fsp3) is 0.100. The number of hydrogen-bond donors (Lipinski definition) is 1. The lowest BCUT2D eigenvalue weighted by Gasteiger charge is -2.06. The van der Waals surface area contributed by atoms with E-state index >= 15 is 0 Å². The summed E-state index contributed by atoms with van der Waals surface area (Å²) in [5.74, 6) is 0.0682. The molecule has 2 heterocycles. The molecule has 0 bridgehead atoms. The number of aromatic nitrogens is 3. The third kappa shape index (κ3) is 4.16. The highest BCUT2D eigenvalue weighted by molar-refractivity contribution is 8.00. The van der Waals surface area contributed by atoms with Gasteiger partial charge in [0.15, 0.2) is 0 Å².